The van der Waals surface area contributed by atoms with Crippen LogP contribution in [0.4, 0.5) is 5.69 Å². The summed E-state index contributed by atoms with van der Waals surface area (Å²) in [5, 5.41) is 3.60. The van der Waals surface area contributed by atoms with Gasteiger partial charge in [0.2, 0.25) is 0 Å². The molecule has 0 radical (unpaired) electrons. The first-order valence-electron chi connectivity index (χ1n) is 8.31. The van der Waals surface area contributed by atoms with E-state index in [1.165, 1.54) is 33.5 Å². The molecule has 0 saturated carbocycles. The number of para-hydroxylation sites is 1. The summed E-state index contributed by atoms with van der Waals surface area (Å²) in [5.41, 5.74) is 8.53. The first kappa shape index (κ1) is 16.1. The Morgan fingerprint density at radius 3 is 1.88 bits per heavy atom. The van der Waals surface area contributed by atoms with Crippen molar-refractivity contribution in [2.75, 3.05) is 5.32 Å². The van der Waals surface area contributed by atoms with Crippen molar-refractivity contribution in [2.45, 2.75) is 20.8 Å². The second kappa shape index (κ2) is 7.18. The molecule has 0 aliphatic heterocycles. The van der Waals surface area contributed by atoms with Gasteiger partial charge in [0.05, 0.1) is 0 Å². The Bertz CT molecular complexity index is 839. The number of allylic oxidation sites excluding steroid dienone is 1. The number of nitrogens with one attached hydrogen (secondary N) is 1. The predicted octanol–water partition coefficient (Wildman–Crippen LogP) is 6.53. The first-order valence-corrected chi connectivity index (χ1v) is 8.31. The Labute approximate surface area is 144 Å². The number of rotatable bonds is 4. The van der Waals surface area contributed by atoms with Gasteiger partial charge in [0.15, 0.2) is 0 Å². The van der Waals surface area contributed by atoms with Crippen LogP contribution in [0.1, 0.15) is 25.0 Å². The van der Waals surface area contributed by atoms with Crippen molar-refractivity contribution in [3.8, 4) is 11.1 Å². The highest BCUT2D eigenvalue weighted by atomic mass is 14.9. The molecule has 0 fully saturated rings. The lowest BCUT2D eigenvalue weighted by molar-refractivity contribution is 1.35. The van der Waals surface area contributed by atoms with Crippen LogP contribution in [0.3, 0.4) is 0 Å². The highest BCUT2D eigenvalue weighted by molar-refractivity contribution is 5.80. The lowest BCUT2D eigenvalue weighted by atomic mass is 10.0. The zero-order valence-corrected chi connectivity index (χ0v) is 14.5. The molecule has 3 aromatic carbocycles. The van der Waals surface area contributed by atoms with E-state index in [1.54, 1.807) is 0 Å². The molecule has 0 amide bonds. The third-order valence-electron chi connectivity index (χ3n) is 4.19. The van der Waals surface area contributed by atoms with Crippen LogP contribution < -0.4 is 5.32 Å². The van der Waals surface area contributed by atoms with Crippen LogP contribution in [-0.4, -0.2) is 0 Å². The van der Waals surface area contributed by atoms with Crippen LogP contribution in [0.25, 0.3) is 16.8 Å². The van der Waals surface area contributed by atoms with Gasteiger partial charge in [-0.1, -0.05) is 78.4 Å². The van der Waals surface area contributed by atoms with Crippen LogP contribution in [0.2, 0.25) is 0 Å². The maximum absolute atomic E-state index is 3.60. The van der Waals surface area contributed by atoms with Gasteiger partial charge in [0.1, 0.15) is 0 Å². The molecule has 0 saturated heterocycles. The monoisotopic (exact) mass is 313 g/mol. The van der Waals surface area contributed by atoms with Crippen LogP contribution in [0, 0.1) is 6.92 Å². The quantitative estimate of drug-likeness (QED) is 0.577. The molecule has 0 bridgehead atoms. The molecule has 3 aromatic rings. The number of aryl methyl sites for hydroxylation is 1. The molecule has 0 aromatic heterocycles. The summed E-state index contributed by atoms with van der Waals surface area (Å²) in [6.07, 6.45) is 0. The minimum absolute atomic E-state index is 1.15. The van der Waals surface area contributed by atoms with E-state index in [9.17, 15) is 0 Å². The van der Waals surface area contributed by atoms with Gasteiger partial charge in [-0.3, -0.25) is 0 Å². The normalized spacial score (nSPS) is 10.3. The molecule has 0 aliphatic carbocycles. The van der Waals surface area contributed by atoms with E-state index in [4.69, 9.17) is 0 Å². The molecule has 0 aliphatic rings. The summed E-state index contributed by atoms with van der Waals surface area (Å²) in [5.74, 6) is 0. The van der Waals surface area contributed by atoms with Gasteiger partial charge in [-0.05, 0) is 49.1 Å². The minimum Gasteiger partial charge on any atom is -0.355 e. The Kier molecular flexibility index (Phi) is 4.81. The van der Waals surface area contributed by atoms with Crippen LogP contribution in [0.5, 0.6) is 0 Å². The molecule has 3 rings (SSSR count). The van der Waals surface area contributed by atoms with Crippen molar-refractivity contribution in [1.82, 2.24) is 0 Å². The van der Waals surface area contributed by atoms with Crippen molar-refractivity contribution >= 4 is 11.4 Å². The van der Waals surface area contributed by atoms with E-state index in [0.717, 1.165) is 5.69 Å². The lowest BCUT2D eigenvalue weighted by Gasteiger charge is -2.16. The summed E-state index contributed by atoms with van der Waals surface area (Å²) >= 11 is 0. The van der Waals surface area contributed by atoms with Crippen molar-refractivity contribution in [3.05, 3.63) is 95.6 Å². The average Bonchev–Trinajstić information content (AvgIpc) is 2.62. The summed E-state index contributed by atoms with van der Waals surface area (Å²) < 4.78 is 0. The third kappa shape index (κ3) is 3.57. The predicted molar refractivity (Wildman–Crippen MR) is 105 cm³/mol. The molecule has 24 heavy (non-hydrogen) atoms. The Morgan fingerprint density at radius 1 is 0.667 bits per heavy atom. The van der Waals surface area contributed by atoms with Gasteiger partial charge in [0, 0.05) is 11.4 Å². The molecule has 120 valence electrons. The topological polar surface area (TPSA) is 12.0 Å². The fraction of sp³-hybridized carbons (Fsp3) is 0.130. The maximum Gasteiger partial charge on any atom is 0.0444 e. The number of hydrogen-bond acceptors (Lipinski definition) is 1. The molecule has 1 heteroatoms. The molecule has 1 N–H and O–H groups in total. The molecule has 0 unspecified atom stereocenters. The van der Waals surface area contributed by atoms with E-state index in [-0.39, 0.29) is 0 Å². The smallest absolute Gasteiger partial charge is 0.0444 e. The van der Waals surface area contributed by atoms with Gasteiger partial charge in [0.25, 0.3) is 0 Å². The number of hydrogen-bond donors (Lipinski definition) is 1. The highest BCUT2D eigenvalue weighted by Crippen LogP contribution is 2.26. The maximum atomic E-state index is 3.60. The van der Waals surface area contributed by atoms with Gasteiger partial charge in [-0.25, -0.2) is 0 Å². The lowest BCUT2D eigenvalue weighted by Crippen LogP contribution is -2.02. The van der Waals surface area contributed by atoms with E-state index in [0.29, 0.717) is 0 Å². The van der Waals surface area contributed by atoms with Crippen molar-refractivity contribution in [3.63, 3.8) is 0 Å². The van der Waals surface area contributed by atoms with Crippen molar-refractivity contribution in [2.24, 2.45) is 0 Å². The molecule has 0 spiro atoms. The zero-order valence-electron chi connectivity index (χ0n) is 14.5. The average molecular weight is 313 g/mol. The van der Waals surface area contributed by atoms with Crippen molar-refractivity contribution in [1.29, 1.82) is 0 Å². The molecule has 0 heterocycles. The molecular formula is C23H23N. The highest BCUT2D eigenvalue weighted by Gasteiger charge is 2.07. The summed E-state index contributed by atoms with van der Waals surface area (Å²) in [6.45, 7) is 6.42. The van der Waals surface area contributed by atoms with Crippen LogP contribution >= 0.6 is 0 Å². The summed E-state index contributed by atoms with van der Waals surface area (Å²) in [4.78, 5) is 0. The Balaban J connectivity index is 1.91. The minimum atomic E-state index is 1.15. The van der Waals surface area contributed by atoms with E-state index >= 15 is 0 Å². The largest absolute Gasteiger partial charge is 0.355 e. The number of benzene rings is 3. The second-order valence-corrected chi connectivity index (χ2v) is 6.26. The van der Waals surface area contributed by atoms with Crippen LogP contribution in [-0.2, 0) is 0 Å². The summed E-state index contributed by atoms with van der Waals surface area (Å²) in [7, 11) is 0. The Hall–Kier alpha value is -2.80. The number of anilines is 1. The molecule has 1 nitrogen and oxygen atoms in total. The van der Waals surface area contributed by atoms with E-state index in [2.05, 4.69) is 98.9 Å². The van der Waals surface area contributed by atoms with Gasteiger partial charge >= 0.3 is 0 Å². The fourth-order valence-electron chi connectivity index (χ4n) is 2.79. The van der Waals surface area contributed by atoms with Crippen LogP contribution in [0.15, 0.2) is 84.4 Å². The fourth-order valence-corrected chi connectivity index (χ4v) is 2.79. The van der Waals surface area contributed by atoms with E-state index < -0.39 is 0 Å². The standard InChI is InChI=1S/C23H23N/c1-17(2)23(24-22-12-8-7-9-18(22)3)21-15-13-20(14-16-21)19-10-5-4-6-11-19/h4-16,24H,1-3H3. The van der Waals surface area contributed by atoms with Gasteiger partial charge in [-0.15, -0.1) is 0 Å². The second-order valence-electron chi connectivity index (χ2n) is 6.26. The Morgan fingerprint density at radius 2 is 1.25 bits per heavy atom. The van der Waals surface area contributed by atoms with Gasteiger partial charge in [-0.2, -0.15) is 0 Å². The van der Waals surface area contributed by atoms with E-state index in [1.807, 2.05) is 6.07 Å². The summed E-state index contributed by atoms with van der Waals surface area (Å²) in [6, 6.07) is 27.6. The van der Waals surface area contributed by atoms with Gasteiger partial charge < -0.3 is 5.32 Å². The third-order valence-corrected chi connectivity index (χ3v) is 4.19. The SMILES string of the molecule is CC(C)=C(Nc1ccccc1C)c1ccc(-c2ccccc2)cc1. The zero-order chi connectivity index (χ0) is 16.9. The molecule has 0 atom stereocenters. The first-order chi connectivity index (χ1) is 11.6. The van der Waals surface area contributed by atoms with Crippen molar-refractivity contribution < 1.29 is 0 Å². The molecular weight excluding hydrogens is 290 g/mol.